The van der Waals surface area contributed by atoms with Crippen molar-refractivity contribution in [2.45, 2.75) is 32.2 Å². The van der Waals surface area contributed by atoms with Crippen molar-refractivity contribution in [2.75, 3.05) is 37.6 Å². The van der Waals surface area contributed by atoms with Gasteiger partial charge in [-0.1, -0.05) is 12.1 Å². The molecule has 1 aliphatic rings. The van der Waals surface area contributed by atoms with Crippen LogP contribution in [0.4, 0.5) is 40.8 Å². The SMILES string of the molecule is Cc1cc(-c2ccc(N3CCNCC3)cc2)sc1Cn1c(CC(CN)=C(F)F)n[nH]c1=O.O=C(O)C(F)(F)F.O=C(O)C(F)(F)F. The van der Waals surface area contributed by atoms with Crippen LogP contribution in [0, 0.1) is 6.92 Å². The summed E-state index contributed by atoms with van der Waals surface area (Å²) in [6, 6.07) is 10.6. The normalized spacial score (nSPS) is 13.2. The number of aromatic amines is 1. The van der Waals surface area contributed by atoms with Gasteiger partial charge in [-0.05, 0) is 36.2 Å². The Hall–Kier alpha value is -4.30. The standard InChI is InChI=1S/C22H26F2N6OS.2C2HF3O2/c1-14-10-18(15-2-4-17(5-3-15)29-8-6-26-7-9-29)32-19(14)13-30-20(27-28-22(30)31)11-16(12-25)21(23)24;2*3-2(4,5)1(6)7/h2-5,10,26H,6-9,11-13,25H2,1H3,(H,28,31);2*(H,6,7). The number of hydrogen-bond donors (Lipinski definition) is 5. The van der Waals surface area contributed by atoms with Crippen LogP contribution in [0.15, 0.2) is 46.8 Å². The van der Waals surface area contributed by atoms with Crippen LogP contribution in [0.2, 0.25) is 0 Å². The molecular formula is C26H28F8N6O5S. The minimum absolute atomic E-state index is 0.164. The van der Waals surface area contributed by atoms with Crippen LogP contribution >= 0.6 is 11.3 Å². The summed E-state index contributed by atoms with van der Waals surface area (Å²) in [4.78, 5) is 34.5. The zero-order valence-corrected chi connectivity index (χ0v) is 24.6. The summed E-state index contributed by atoms with van der Waals surface area (Å²) >= 11 is 1.59. The number of alkyl halides is 6. The lowest BCUT2D eigenvalue weighted by Gasteiger charge is -2.29. The van der Waals surface area contributed by atoms with Gasteiger partial charge in [0.05, 0.1) is 6.54 Å². The number of thiophene rings is 1. The second kappa shape index (κ2) is 16.3. The molecule has 0 amide bonds. The molecule has 0 saturated carbocycles. The molecule has 254 valence electrons. The average molecular weight is 689 g/mol. The summed E-state index contributed by atoms with van der Waals surface area (Å²) in [6.45, 7) is 5.95. The summed E-state index contributed by atoms with van der Waals surface area (Å²) in [7, 11) is 0. The minimum atomic E-state index is -5.08. The van der Waals surface area contributed by atoms with Crippen molar-refractivity contribution in [1.82, 2.24) is 20.1 Å². The fourth-order valence-electron chi connectivity index (χ4n) is 3.78. The number of H-pyrrole nitrogens is 1. The average Bonchev–Trinajstić information content (AvgIpc) is 3.53. The molecule has 3 heterocycles. The van der Waals surface area contributed by atoms with E-state index < -0.39 is 36.1 Å². The van der Waals surface area contributed by atoms with Crippen molar-refractivity contribution in [3.63, 3.8) is 0 Å². The molecule has 0 spiro atoms. The first-order valence-electron chi connectivity index (χ1n) is 13.0. The number of nitrogens with two attached hydrogens (primary N) is 1. The van der Waals surface area contributed by atoms with Gasteiger partial charge in [-0.2, -0.15) is 40.2 Å². The number of rotatable bonds is 7. The van der Waals surface area contributed by atoms with E-state index in [0.29, 0.717) is 0 Å². The molecule has 1 aliphatic heterocycles. The second-order valence-corrected chi connectivity index (χ2v) is 10.5. The van der Waals surface area contributed by atoms with Crippen molar-refractivity contribution in [3.8, 4) is 10.4 Å². The van der Waals surface area contributed by atoms with Crippen LogP contribution in [0.3, 0.4) is 0 Å². The molecule has 1 saturated heterocycles. The van der Waals surface area contributed by atoms with E-state index in [-0.39, 0.29) is 30.9 Å². The molecule has 1 aromatic carbocycles. The predicted octanol–water partition coefficient (Wildman–Crippen LogP) is 3.98. The van der Waals surface area contributed by atoms with E-state index >= 15 is 0 Å². The lowest BCUT2D eigenvalue weighted by molar-refractivity contribution is -0.193. The Balaban J connectivity index is 0.000000440. The zero-order valence-electron chi connectivity index (χ0n) is 23.8. The van der Waals surface area contributed by atoms with E-state index in [2.05, 4.69) is 50.7 Å². The van der Waals surface area contributed by atoms with Crippen LogP contribution < -0.4 is 21.6 Å². The van der Waals surface area contributed by atoms with Crippen LogP contribution in [-0.2, 0) is 22.6 Å². The van der Waals surface area contributed by atoms with Crippen LogP contribution in [0.5, 0.6) is 0 Å². The molecule has 20 heteroatoms. The molecular weight excluding hydrogens is 660 g/mol. The highest BCUT2D eigenvalue weighted by Gasteiger charge is 2.38. The zero-order chi connectivity index (χ0) is 34.8. The van der Waals surface area contributed by atoms with Crippen molar-refractivity contribution < 1.29 is 54.9 Å². The van der Waals surface area contributed by atoms with Gasteiger partial charge in [-0.15, -0.1) is 11.3 Å². The van der Waals surface area contributed by atoms with E-state index in [1.54, 1.807) is 11.3 Å². The van der Waals surface area contributed by atoms with Crippen molar-refractivity contribution in [2.24, 2.45) is 5.73 Å². The smallest absolute Gasteiger partial charge is 0.475 e. The number of piperazine rings is 1. The Kier molecular flexibility index (Phi) is 13.4. The molecule has 0 bridgehead atoms. The van der Waals surface area contributed by atoms with Gasteiger partial charge in [-0.25, -0.2) is 19.5 Å². The summed E-state index contributed by atoms with van der Waals surface area (Å²) < 4.78 is 90.9. The van der Waals surface area contributed by atoms with Crippen molar-refractivity contribution in [3.05, 3.63) is 68.7 Å². The highest BCUT2D eigenvalue weighted by atomic mass is 32.1. The lowest BCUT2D eigenvalue weighted by atomic mass is 10.1. The molecule has 3 aromatic rings. The molecule has 0 unspecified atom stereocenters. The number of carboxylic acid groups (broad SMARTS) is 2. The maximum absolute atomic E-state index is 13.0. The highest BCUT2D eigenvalue weighted by molar-refractivity contribution is 7.15. The number of anilines is 1. The fourth-order valence-corrected chi connectivity index (χ4v) is 4.95. The Bertz CT molecular complexity index is 1530. The molecule has 4 rings (SSSR count). The number of aryl methyl sites for hydroxylation is 1. The number of carbonyl (C=O) groups is 2. The maximum atomic E-state index is 13.0. The van der Waals surface area contributed by atoms with Crippen LogP contribution in [0.1, 0.15) is 16.3 Å². The topological polar surface area (TPSA) is 167 Å². The molecule has 0 radical (unpaired) electrons. The minimum Gasteiger partial charge on any atom is -0.475 e. The molecule has 1 fully saturated rings. The van der Waals surface area contributed by atoms with E-state index in [1.165, 1.54) is 10.3 Å². The van der Waals surface area contributed by atoms with Crippen LogP contribution in [0.25, 0.3) is 10.4 Å². The van der Waals surface area contributed by atoms with E-state index in [1.807, 2.05) is 6.92 Å². The third-order valence-corrected chi connectivity index (χ3v) is 7.43. The molecule has 11 nitrogen and oxygen atoms in total. The Morgan fingerprint density at radius 3 is 1.98 bits per heavy atom. The first-order valence-corrected chi connectivity index (χ1v) is 13.8. The number of aromatic nitrogens is 3. The number of nitrogens with zero attached hydrogens (tertiary/aromatic N) is 3. The van der Waals surface area contributed by atoms with Gasteiger partial charge >= 0.3 is 30.0 Å². The Morgan fingerprint density at radius 1 is 1.00 bits per heavy atom. The van der Waals surface area contributed by atoms with Crippen LogP contribution in [-0.4, -0.2) is 82.0 Å². The maximum Gasteiger partial charge on any atom is 0.490 e. The third kappa shape index (κ3) is 11.2. The van der Waals surface area contributed by atoms with Gasteiger partial charge < -0.3 is 26.2 Å². The third-order valence-electron chi connectivity index (χ3n) is 6.16. The van der Waals surface area contributed by atoms with E-state index in [9.17, 15) is 39.9 Å². The quantitative estimate of drug-likeness (QED) is 0.231. The number of halogens is 8. The molecule has 46 heavy (non-hydrogen) atoms. The van der Waals surface area contributed by atoms with Gasteiger partial charge in [0, 0.05) is 60.2 Å². The van der Waals surface area contributed by atoms with E-state index in [4.69, 9.17) is 25.5 Å². The van der Waals surface area contributed by atoms with E-state index in [0.717, 1.165) is 47.1 Å². The number of carboxylic acids is 2. The van der Waals surface area contributed by atoms with Gasteiger partial charge in [0.25, 0.3) is 6.08 Å². The summed E-state index contributed by atoms with van der Waals surface area (Å²) in [5.74, 6) is -5.27. The summed E-state index contributed by atoms with van der Waals surface area (Å²) in [6.07, 6.45) is -12.2. The van der Waals surface area contributed by atoms with Gasteiger partial charge in [-0.3, -0.25) is 4.57 Å². The molecule has 0 aliphatic carbocycles. The van der Waals surface area contributed by atoms with Gasteiger partial charge in [0.2, 0.25) is 0 Å². The molecule has 0 atom stereocenters. The van der Waals surface area contributed by atoms with Gasteiger partial charge in [0.15, 0.2) is 0 Å². The largest absolute Gasteiger partial charge is 0.490 e. The Labute approximate surface area is 258 Å². The summed E-state index contributed by atoms with van der Waals surface area (Å²) in [5, 5.41) is 23.9. The van der Waals surface area contributed by atoms with Crippen molar-refractivity contribution >= 4 is 29.0 Å². The first-order chi connectivity index (χ1) is 21.3. The number of nitrogens with one attached hydrogen (secondary N) is 2. The highest BCUT2D eigenvalue weighted by Crippen LogP contribution is 2.33. The second-order valence-electron chi connectivity index (χ2n) is 9.38. The lowest BCUT2D eigenvalue weighted by Crippen LogP contribution is -2.43. The molecule has 6 N–H and O–H groups in total. The van der Waals surface area contributed by atoms with Crippen molar-refractivity contribution in [1.29, 1.82) is 0 Å². The monoisotopic (exact) mass is 688 g/mol. The fraction of sp³-hybridized carbons (Fsp3) is 0.385. The number of benzene rings is 1. The first kappa shape index (κ1) is 37.9. The molecule has 2 aromatic heterocycles. The Morgan fingerprint density at radius 2 is 1.52 bits per heavy atom. The van der Waals surface area contributed by atoms with Gasteiger partial charge in [0.1, 0.15) is 5.82 Å². The number of aliphatic carboxylic acids is 2. The number of hydrogen-bond acceptors (Lipinski definition) is 8. The predicted molar refractivity (Wildman–Crippen MR) is 151 cm³/mol. The summed E-state index contributed by atoms with van der Waals surface area (Å²) in [5.41, 5.74) is 8.13.